The Kier molecular flexibility index (Phi) is 5.00. The molecule has 150 valence electrons. The van der Waals surface area contributed by atoms with Gasteiger partial charge in [0.15, 0.2) is 5.17 Å². The van der Waals surface area contributed by atoms with Crippen LogP contribution in [0.5, 0.6) is 0 Å². The van der Waals surface area contributed by atoms with Crippen LogP contribution >= 0.6 is 23.4 Å². The molecule has 0 saturated carbocycles. The summed E-state index contributed by atoms with van der Waals surface area (Å²) in [5, 5.41) is 1.86. The Morgan fingerprint density at radius 1 is 1.10 bits per heavy atom. The maximum absolute atomic E-state index is 6.03. The van der Waals surface area contributed by atoms with E-state index in [1.165, 1.54) is 12.8 Å². The first-order valence-electron chi connectivity index (χ1n) is 10.1. The van der Waals surface area contributed by atoms with E-state index in [0.717, 1.165) is 45.6 Å². The Morgan fingerprint density at radius 3 is 2.52 bits per heavy atom. The first-order valence-corrected chi connectivity index (χ1v) is 11.7. The molecule has 1 aromatic carbocycles. The number of aryl methyl sites for hydroxylation is 1. The molecule has 2 saturated heterocycles. The van der Waals surface area contributed by atoms with Gasteiger partial charge >= 0.3 is 0 Å². The van der Waals surface area contributed by atoms with Crippen LogP contribution in [0.15, 0.2) is 47.7 Å². The van der Waals surface area contributed by atoms with Gasteiger partial charge in [0.1, 0.15) is 5.82 Å². The number of thioether (sulfide) groups is 1. The molecule has 2 atom stereocenters. The fourth-order valence-corrected chi connectivity index (χ4v) is 5.86. The molecule has 2 unspecified atom stereocenters. The second kappa shape index (κ2) is 7.65. The van der Waals surface area contributed by atoms with Crippen molar-refractivity contribution in [1.29, 1.82) is 0 Å². The third-order valence-electron chi connectivity index (χ3n) is 6.20. The predicted octanol–water partition coefficient (Wildman–Crippen LogP) is 5.61. The van der Waals surface area contributed by atoms with Crippen molar-refractivity contribution in [3.8, 4) is 0 Å². The summed E-state index contributed by atoms with van der Waals surface area (Å²) in [5.41, 5.74) is 3.16. The lowest BCUT2D eigenvalue weighted by atomic mass is 9.97. The zero-order valence-electron chi connectivity index (χ0n) is 16.6. The topological polar surface area (TPSA) is 46.3 Å². The van der Waals surface area contributed by atoms with Gasteiger partial charge < -0.3 is 9.47 Å². The summed E-state index contributed by atoms with van der Waals surface area (Å²) < 4.78 is 2.42. The second-order valence-corrected chi connectivity index (χ2v) is 9.10. The minimum atomic E-state index is 0.469. The van der Waals surface area contributed by atoms with Crippen LogP contribution in [0.25, 0.3) is 11.0 Å². The highest BCUT2D eigenvalue weighted by atomic mass is 35.5. The molecule has 2 fully saturated rings. The molecule has 0 spiro atoms. The number of aromatic nitrogens is 3. The molecular weight excluding hydrogens is 402 g/mol. The molecule has 5 rings (SSSR count). The lowest BCUT2D eigenvalue weighted by molar-refractivity contribution is 0.187. The molecule has 2 aliphatic rings. The molecule has 2 aromatic heterocycles. The Hall–Kier alpha value is -2.05. The fourth-order valence-electron chi connectivity index (χ4n) is 5.03. The molecule has 7 heteroatoms. The molecule has 29 heavy (non-hydrogen) atoms. The van der Waals surface area contributed by atoms with Crippen molar-refractivity contribution in [3.05, 3.63) is 53.6 Å². The van der Waals surface area contributed by atoms with Crippen molar-refractivity contribution >= 4 is 45.3 Å². The average molecular weight is 426 g/mol. The van der Waals surface area contributed by atoms with E-state index >= 15 is 0 Å². The van der Waals surface area contributed by atoms with Gasteiger partial charge in [-0.3, -0.25) is 4.98 Å². The quantitative estimate of drug-likeness (QED) is 0.395. The van der Waals surface area contributed by atoms with Crippen molar-refractivity contribution in [2.75, 3.05) is 6.26 Å². The standard InChI is InChI=1S/C22H24ClN5S/c1-14-25-20-9-10-24-13-21(20)27(14)19-11-17-7-8-18(12-19)28(17)22(29-2)26-16-5-3-15(23)4-6-16/h3-6,9-10,13,17-19H,7-8,11-12H2,1-2H3/b26-22+. The lowest BCUT2D eigenvalue weighted by Crippen LogP contribution is -2.46. The first-order chi connectivity index (χ1) is 14.1. The highest BCUT2D eigenvalue weighted by molar-refractivity contribution is 8.13. The minimum Gasteiger partial charge on any atom is -0.345 e. The van der Waals surface area contributed by atoms with E-state index in [9.17, 15) is 0 Å². The Morgan fingerprint density at radius 2 is 1.83 bits per heavy atom. The van der Waals surface area contributed by atoms with E-state index < -0.39 is 0 Å². The monoisotopic (exact) mass is 425 g/mol. The summed E-state index contributed by atoms with van der Waals surface area (Å²) in [6, 6.07) is 11.3. The summed E-state index contributed by atoms with van der Waals surface area (Å²) in [6.45, 7) is 2.11. The summed E-state index contributed by atoms with van der Waals surface area (Å²) in [6.07, 6.45) is 10.6. The molecule has 2 bridgehead atoms. The number of hydrogen-bond donors (Lipinski definition) is 0. The van der Waals surface area contributed by atoms with Crippen LogP contribution in [0.1, 0.15) is 37.5 Å². The SMILES string of the molecule is CS/C(=N/c1ccc(Cl)cc1)N1C2CCC1CC(n1c(C)nc3ccncc31)C2. The first kappa shape index (κ1) is 18.9. The number of benzene rings is 1. The van der Waals surface area contributed by atoms with Crippen molar-refractivity contribution in [2.24, 2.45) is 4.99 Å². The van der Waals surface area contributed by atoms with E-state index in [0.29, 0.717) is 18.1 Å². The normalized spacial score (nSPS) is 24.4. The molecule has 3 aromatic rings. The third-order valence-corrected chi connectivity index (χ3v) is 7.12. The minimum absolute atomic E-state index is 0.469. The molecular formula is C22H24ClN5S. The van der Waals surface area contributed by atoms with Crippen molar-refractivity contribution in [1.82, 2.24) is 19.4 Å². The maximum Gasteiger partial charge on any atom is 0.164 e. The summed E-state index contributed by atoms with van der Waals surface area (Å²) in [7, 11) is 0. The van der Waals surface area contributed by atoms with Crippen LogP contribution in [0, 0.1) is 6.92 Å². The van der Waals surface area contributed by atoms with E-state index in [4.69, 9.17) is 21.6 Å². The highest BCUT2D eigenvalue weighted by Crippen LogP contribution is 2.43. The molecule has 5 nitrogen and oxygen atoms in total. The number of imidazole rings is 1. The van der Waals surface area contributed by atoms with Crippen LogP contribution in [0.2, 0.25) is 5.02 Å². The number of hydrogen-bond acceptors (Lipinski definition) is 4. The number of rotatable bonds is 2. The van der Waals surface area contributed by atoms with E-state index in [-0.39, 0.29) is 0 Å². The van der Waals surface area contributed by atoms with Gasteiger partial charge in [0.25, 0.3) is 0 Å². The molecule has 4 heterocycles. The van der Waals surface area contributed by atoms with Crippen molar-refractivity contribution in [2.45, 2.75) is 50.7 Å². The van der Waals surface area contributed by atoms with Gasteiger partial charge in [-0.2, -0.15) is 0 Å². The maximum atomic E-state index is 6.03. The Balaban J connectivity index is 1.44. The average Bonchev–Trinajstić information content (AvgIpc) is 3.19. The van der Waals surface area contributed by atoms with Crippen molar-refractivity contribution < 1.29 is 0 Å². The van der Waals surface area contributed by atoms with Gasteiger partial charge in [-0.25, -0.2) is 9.98 Å². The number of amidine groups is 1. The van der Waals surface area contributed by atoms with E-state index in [2.05, 4.69) is 27.6 Å². The Bertz CT molecular complexity index is 1050. The predicted molar refractivity (Wildman–Crippen MR) is 121 cm³/mol. The van der Waals surface area contributed by atoms with Gasteiger partial charge in [0.05, 0.1) is 22.9 Å². The van der Waals surface area contributed by atoms with Gasteiger partial charge in [0.2, 0.25) is 0 Å². The van der Waals surface area contributed by atoms with Gasteiger partial charge in [-0.1, -0.05) is 23.4 Å². The molecule has 0 radical (unpaired) electrons. The molecule has 0 amide bonds. The second-order valence-electron chi connectivity index (χ2n) is 7.89. The van der Waals surface area contributed by atoms with Crippen LogP contribution in [0.4, 0.5) is 5.69 Å². The van der Waals surface area contributed by atoms with Crippen molar-refractivity contribution in [3.63, 3.8) is 0 Å². The van der Waals surface area contributed by atoms with Crippen LogP contribution < -0.4 is 0 Å². The molecule has 0 aliphatic carbocycles. The number of piperidine rings is 1. The van der Waals surface area contributed by atoms with Gasteiger partial charge in [-0.15, -0.1) is 0 Å². The third kappa shape index (κ3) is 3.42. The van der Waals surface area contributed by atoms with Crippen LogP contribution in [0.3, 0.4) is 0 Å². The summed E-state index contributed by atoms with van der Waals surface area (Å²) >= 11 is 7.77. The zero-order valence-corrected chi connectivity index (χ0v) is 18.2. The summed E-state index contributed by atoms with van der Waals surface area (Å²) in [4.78, 5) is 16.6. The van der Waals surface area contributed by atoms with Crippen LogP contribution in [-0.2, 0) is 0 Å². The number of aliphatic imine (C=N–C) groups is 1. The molecule has 0 N–H and O–H groups in total. The van der Waals surface area contributed by atoms with E-state index in [1.54, 1.807) is 11.8 Å². The largest absolute Gasteiger partial charge is 0.345 e. The summed E-state index contributed by atoms with van der Waals surface area (Å²) in [5.74, 6) is 1.09. The number of fused-ring (bicyclic) bond motifs is 3. The van der Waals surface area contributed by atoms with Gasteiger partial charge in [-0.05, 0) is 69.2 Å². The van der Waals surface area contributed by atoms with Crippen LogP contribution in [-0.4, -0.2) is 42.9 Å². The van der Waals surface area contributed by atoms with E-state index in [1.807, 2.05) is 42.7 Å². The smallest absolute Gasteiger partial charge is 0.164 e. The number of nitrogens with zero attached hydrogens (tertiary/aromatic N) is 5. The van der Waals surface area contributed by atoms with Gasteiger partial charge in [0, 0.05) is 29.3 Å². The number of halogens is 1. The Labute approximate surface area is 180 Å². The molecule has 2 aliphatic heterocycles. The lowest BCUT2D eigenvalue weighted by Gasteiger charge is -2.41. The highest BCUT2D eigenvalue weighted by Gasteiger charge is 2.43. The zero-order chi connectivity index (χ0) is 20.0. The number of pyridine rings is 1. The fraction of sp³-hybridized carbons (Fsp3) is 0.409.